The van der Waals surface area contributed by atoms with E-state index in [4.69, 9.17) is 11.6 Å². The summed E-state index contributed by atoms with van der Waals surface area (Å²) < 4.78 is 0. The van der Waals surface area contributed by atoms with Crippen LogP contribution in [0, 0.1) is 6.92 Å². The van der Waals surface area contributed by atoms with Gasteiger partial charge in [0.15, 0.2) is 0 Å². The summed E-state index contributed by atoms with van der Waals surface area (Å²) in [6.07, 6.45) is 1.80. The Bertz CT molecular complexity index is 248. The third kappa shape index (κ3) is 1.84. The van der Waals surface area contributed by atoms with E-state index in [-0.39, 0.29) is 0 Å². The first-order valence-corrected chi connectivity index (χ1v) is 4.00. The first-order valence-electron chi connectivity index (χ1n) is 3.47. The fraction of sp³-hybridized carbons (Fsp3) is 0.375. The van der Waals surface area contributed by atoms with Gasteiger partial charge < -0.3 is 5.32 Å². The molecule has 0 saturated carbocycles. The number of hydrogen-bond donors (Lipinski definition) is 1. The highest BCUT2D eigenvalue weighted by molar-refractivity contribution is 6.17. The van der Waals surface area contributed by atoms with Crippen LogP contribution in [-0.4, -0.2) is 12.0 Å². The third-order valence-electron chi connectivity index (χ3n) is 1.62. The molecule has 11 heavy (non-hydrogen) atoms. The predicted molar refractivity (Wildman–Crippen MR) is 48.1 cm³/mol. The lowest BCUT2D eigenvalue weighted by atomic mass is 10.2. The average molecular weight is 171 g/mol. The number of aryl methyl sites for hydroxylation is 1. The second-order valence-corrected chi connectivity index (χ2v) is 2.65. The van der Waals surface area contributed by atoms with Crippen LogP contribution in [0.1, 0.15) is 11.1 Å². The van der Waals surface area contributed by atoms with E-state index in [2.05, 4.69) is 10.3 Å². The molecule has 0 aliphatic rings. The van der Waals surface area contributed by atoms with Crippen molar-refractivity contribution in [2.24, 2.45) is 0 Å². The van der Waals surface area contributed by atoms with Gasteiger partial charge in [0, 0.05) is 19.1 Å². The summed E-state index contributed by atoms with van der Waals surface area (Å²) in [7, 11) is 1.85. The number of pyridine rings is 1. The van der Waals surface area contributed by atoms with Crippen LogP contribution in [0.3, 0.4) is 0 Å². The number of hydrogen-bond acceptors (Lipinski definition) is 2. The van der Waals surface area contributed by atoms with Gasteiger partial charge in [-0.3, -0.25) is 0 Å². The van der Waals surface area contributed by atoms with Crippen LogP contribution in [0.25, 0.3) is 0 Å². The van der Waals surface area contributed by atoms with Gasteiger partial charge in [0.05, 0.1) is 0 Å². The molecule has 0 fully saturated rings. The molecule has 0 radical (unpaired) electrons. The molecule has 1 aromatic rings. The average Bonchev–Trinajstić information content (AvgIpc) is 2.04. The van der Waals surface area contributed by atoms with Crippen molar-refractivity contribution in [3.63, 3.8) is 0 Å². The van der Waals surface area contributed by atoms with Crippen LogP contribution in [0.4, 0.5) is 5.82 Å². The zero-order valence-corrected chi connectivity index (χ0v) is 7.44. The Kier molecular flexibility index (Phi) is 2.71. The van der Waals surface area contributed by atoms with Crippen LogP contribution >= 0.6 is 11.6 Å². The van der Waals surface area contributed by atoms with Crippen molar-refractivity contribution in [3.8, 4) is 0 Å². The van der Waals surface area contributed by atoms with Gasteiger partial charge in [-0.05, 0) is 24.1 Å². The molecule has 0 saturated heterocycles. The number of nitrogens with one attached hydrogen (secondary N) is 1. The van der Waals surface area contributed by atoms with Crippen LogP contribution in [0.15, 0.2) is 12.3 Å². The number of rotatable bonds is 2. The number of alkyl halides is 1. The molecule has 1 heterocycles. The van der Waals surface area contributed by atoms with Gasteiger partial charge in [0.1, 0.15) is 5.82 Å². The zero-order valence-electron chi connectivity index (χ0n) is 6.69. The molecule has 0 atom stereocenters. The smallest absolute Gasteiger partial charge is 0.125 e. The molecule has 1 N–H and O–H groups in total. The molecule has 1 rings (SSSR count). The van der Waals surface area contributed by atoms with E-state index in [0.717, 1.165) is 11.4 Å². The number of halogens is 1. The van der Waals surface area contributed by atoms with Gasteiger partial charge in [-0.1, -0.05) is 0 Å². The summed E-state index contributed by atoms with van der Waals surface area (Å²) >= 11 is 5.67. The SMILES string of the molecule is CNc1cc(C)c(CCl)cn1. The standard InChI is InChI=1S/C8H11ClN2/c1-6-3-8(10-2)11-5-7(6)4-9/h3,5H,4H2,1-2H3,(H,10,11). The molecule has 0 bridgehead atoms. The summed E-state index contributed by atoms with van der Waals surface area (Å²) in [4.78, 5) is 4.13. The molecular formula is C8H11ClN2. The van der Waals surface area contributed by atoms with Crippen molar-refractivity contribution < 1.29 is 0 Å². The molecule has 0 amide bonds. The lowest BCUT2D eigenvalue weighted by Crippen LogP contribution is -1.94. The van der Waals surface area contributed by atoms with E-state index in [9.17, 15) is 0 Å². The Hall–Kier alpha value is -0.760. The van der Waals surface area contributed by atoms with E-state index in [1.807, 2.05) is 20.0 Å². The van der Waals surface area contributed by atoms with Crippen molar-refractivity contribution in [2.75, 3.05) is 12.4 Å². The minimum Gasteiger partial charge on any atom is -0.373 e. The summed E-state index contributed by atoms with van der Waals surface area (Å²) in [5.41, 5.74) is 2.27. The van der Waals surface area contributed by atoms with Gasteiger partial charge in [-0.15, -0.1) is 11.6 Å². The minimum atomic E-state index is 0.531. The quantitative estimate of drug-likeness (QED) is 0.689. The normalized spacial score (nSPS) is 9.73. The van der Waals surface area contributed by atoms with Crippen LogP contribution in [0.2, 0.25) is 0 Å². The molecule has 0 unspecified atom stereocenters. The summed E-state index contributed by atoms with van der Waals surface area (Å²) in [6.45, 7) is 2.03. The first-order chi connectivity index (χ1) is 5.27. The summed E-state index contributed by atoms with van der Waals surface area (Å²) in [5.74, 6) is 1.42. The molecule has 1 aromatic heterocycles. The Morgan fingerprint density at radius 2 is 2.36 bits per heavy atom. The predicted octanol–water partition coefficient (Wildman–Crippen LogP) is 2.17. The monoisotopic (exact) mass is 170 g/mol. The van der Waals surface area contributed by atoms with Crippen LogP contribution in [0.5, 0.6) is 0 Å². The largest absolute Gasteiger partial charge is 0.373 e. The third-order valence-corrected chi connectivity index (χ3v) is 1.91. The molecule has 60 valence electrons. The Morgan fingerprint density at radius 1 is 1.64 bits per heavy atom. The van der Waals surface area contributed by atoms with Gasteiger partial charge >= 0.3 is 0 Å². The Labute approximate surface area is 71.6 Å². The van der Waals surface area contributed by atoms with Crippen molar-refractivity contribution in [3.05, 3.63) is 23.4 Å². The van der Waals surface area contributed by atoms with Gasteiger partial charge in [0.25, 0.3) is 0 Å². The van der Waals surface area contributed by atoms with Crippen LogP contribution < -0.4 is 5.32 Å². The highest BCUT2D eigenvalue weighted by Crippen LogP contribution is 2.12. The first kappa shape index (κ1) is 8.34. The molecule has 0 aliphatic heterocycles. The lowest BCUT2D eigenvalue weighted by Gasteiger charge is -2.03. The van der Waals surface area contributed by atoms with Crippen molar-refractivity contribution >= 4 is 17.4 Å². The van der Waals surface area contributed by atoms with Crippen molar-refractivity contribution in [1.29, 1.82) is 0 Å². The van der Waals surface area contributed by atoms with Gasteiger partial charge in [-0.25, -0.2) is 4.98 Å². The molecule has 2 nitrogen and oxygen atoms in total. The van der Waals surface area contributed by atoms with E-state index < -0.39 is 0 Å². The number of nitrogens with zero attached hydrogens (tertiary/aromatic N) is 1. The van der Waals surface area contributed by atoms with E-state index in [1.54, 1.807) is 6.20 Å². The molecular weight excluding hydrogens is 160 g/mol. The van der Waals surface area contributed by atoms with E-state index in [1.165, 1.54) is 5.56 Å². The Balaban J connectivity index is 2.99. The lowest BCUT2D eigenvalue weighted by molar-refractivity contribution is 1.18. The highest BCUT2D eigenvalue weighted by atomic mass is 35.5. The Morgan fingerprint density at radius 3 is 2.82 bits per heavy atom. The molecule has 0 aliphatic carbocycles. The maximum Gasteiger partial charge on any atom is 0.125 e. The number of anilines is 1. The van der Waals surface area contributed by atoms with Crippen molar-refractivity contribution in [1.82, 2.24) is 4.98 Å². The molecule has 3 heteroatoms. The topological polar surface area (TPSA) is 24.9 Å². The molecule has 0 aromatic carbocycles. The summed E-state index contributed by atoms with van der Waals surface area (Å²) in [6, 6.07) is 1.98. The van der Waals surface area contributed by atoms with Gasteiger partial charge in [0.2, 0.25) is 0 Å². The van der Waals surface area contributed by atoms with Crippen molar-refractivity contribution in [2.45, 2.75) is 12.8 Å². The van der Waals surface area contributed by atoms with E-state index >= 15 is 0 Å². The second-order valence-electron chi connectivity index (χ2n) is 2.38. The fourth-order valence-corrected chi connectivity index (χ4v) is 1.14. The zero-order chi connectivity index (χ0) is 8.27. The van der Waals surface area contributed by atoms with E-state index in [0.29, 0.717) is 5.88 Å². The van der Waals surface area contributed by atoms with Gasteiger partial charge in [-0.2, -0.15) is 0 Å². The summed E-state index contributed by atoms with van der Waals surface area (Å²) in [5, 5.41) is 2.96. The fourth-order valence-electron chi connectivity index (χ4n) is 0.861. The maximum atomic E-state index is 5.67. The highest BCUT2D eigenvalue weighted by Gasteiger charge is 1.97. The maximum absolute atomic E-state index is 5.67. The van der Waals surface area contributed by atoms with Crippen LogP contribution in [-0.2, 0) is 5.88 Å². The molecule has 0 spiro atoms. The number of aromatic nitrogens is 1. The second kappa shape index (κ2) is 3.58. The minimum absolute atomic E-state index is 0.531.